The molecule has 5 nitrogen and oxygen atoms in total. The smallest absolute Gasteiger partial charge is 0.240 e. The van der Waals surface area contributed by atoms with Crippen molar-refractivity contribution in [2.24, 2.45) is 5.14 Å². The molecule has 2 rings (SSSR count). The molecule has 0 heterocycles. The maximum absolute atomic E-state index is 11.4. The lowest BCUT2D eigenvalue weighted by Gasteiger charge is -2.12. The van der Waals surface area contributed by atoms with Gasteiger partial charge < -0.3 is 11.1 Å². The van der Waals surface area contributed by atoms with Gasteiger partial charge in [-0.3, -0.25) is 0 Å². The van der Waals surface area contributed by atoms with E-state index in [1.54, 1.807) is 18.2 Å². The fourth-order valence-corrected chi connectivity index (χ4v) is 2.59. The molecule has 2 aromatic carbocycles. The lowest BCUT2D eigenvalue weighted by atomic mass is 10.2. The van der Waals surface area contributed by atoms with Crippen LogP contribution in [0, 0.1) is 6.92 Å². The van der Waals surface area contributed by atoms with Crippen molar-refractivity contribution >= 4 is 38.7 Å². The van der Waals surface area contributed by atoms with E-state index in [1.807, 2.05) is 19.1 Å². The zero-order chi connectivity index (χ0) is 14.9. The van der Waals surface area contributed by atoms with Crippen molar-refractivity contribution in [3.8, 4) is 0 Å². The summed E-state index contributed by atoms with van der Waals surface area (Å²) in [6.45, 7) is 1.89. The van der Waals surface area contributed by atoms with Gasteiger partial charge in [0, 0.05) is 10.7 Å². The highest BCUT2D eigenvalue weighted by molar-refractivity contribution is 7.89. The van der Waals surface area contributed by atoms with E-state index in [2.05, 4.69) is 5.32 Å². The average Bonchev–Trinajstić information content (AvgIpc) is 2.35. The van der Waals surface area contributed by atoms with Crippen LogP contribution in [-0.2, 0) is 10.0 Å². The number of anilines is 3. The molecule has 0 radical (unpaired) electrons. The van der Waals surface area contributed by atoms with Crippen molar-refractivity contribution in [2.45, 2.75) is 11.8 Å². The monoisotopic (exact) mass is 311 g/mol. The molecular weight excluding hydrogens is 298 g/mol. The molecule has 2 aromatic rings. The summed E-state index contributed by atoms with van der Waals surface area (Å²) in [7, 11) is -3.85. The maximum atomic E-state index is 11.4. The van der Waals surface area contributed by atoms with E-state index in [4.69, 9.17) is 22.5 Å². The summed E-state index contributed by atoms with van der Waals surface area (Å²) < 4.78 is 22.8. The number of primary sulfonamides is 1. The summed E-state index contributed by atoms with van der Waals surface area (Å²) in [6.07, 6.45) is 0. The van der Waals surface area contributed by atoms with E-state index in [0.717, 1.165) is 5.56 Å². The number of para-hydroxylation sites is 1. The Morgan fingerprint density at radius 2 is 1.90 bits per heavy atom. The molecule has 0 aromatic heterocycles. The normalized spacial score (nSPS) is 11.3. The lowest BCUT2D eigenvalue weighted by Crippen LogP contribution is -2.15. The quantitative estimate of drug-likeness (QED) is 0.759. The van der Waals surface area contributed by atoms with E-state index in [-0.39, 0.29) is 10.6 Å². The lowest BCUT2D eigenvalue weighted by molar-refractivity contribution is 0.598. The van der Waals surface area contributed by atoms with Crippen LogP contribution in [0.3, 0.4) is 0 Å². The molecule has 106 valence electrons. The van der Waals surface area contributed by atoms with Crippen molar-refractivity contribution in [1.29, 1.82) is 0 Å². The molecule has 5 N–H and O–H groups in total. The Morgan fingerprint density at radius 1 is 1.20 bits per heavy atom. The van der Waals surface area contributed by atoms with Gasteiger partial charge in [-0.05, 0) is 36.8 Å². The number of rotatable bonds is 3. The molecule has 0 saturated heterocycles. The largest absolute Gasteiger partial charge is 0.396 e. The predicted molar refractivity (Wildman–Crippen MR) is 81.7 cm³/mol. The number of nitrogens with one attached hydrogen (secondary N) is 1. The van der Waals surface area contributed by atoms with E-state index in [9.17, 15) is 8.42 Å². The topological polar surface area (TPSA) is 98.2 Å². The average molecular weight is 312 g/mol. The highest BCUT2D eigenvalue weighted by atomic mass is 35.5. The Hall–Kier alpha value is -1.76. The number of aryl methyl sites for hydroxylation is 1. The standard InChI is InChI=1S/C13H14ClN3O2S/c1-8-5-6-9(7-10(8)14)17-11-3-2-4-12(13(11)15)20(16,18)19/h2-7,17H,15H2,1H3,(H2,16,18,19). The molecule has 0 atom stereocenters. The van der Waals surface area contributed by atoms with Crippen LogP contribution in [0.4, 0.5) is 17.1 Å². The van der Waals surface area contributed by atoms with Crippen LogP contribution in [0.5, 0.6) is 0 Å². The van der Waals surface area contributed by atoms with Gasteiger partial charge in [-0.2, -0.15) is 0 Å². The zero-order valence-corrected chi connectivity index (χ0v) is 12.3. The first-order chi connectivity index (χ1) is 9.29. The minimum Gasteiger partial charge on any atom is -0.396 e. The Kier molecular flexibility index (Phi) is 3.89. The summed E-state index contributed by atoms with van der Waals surface area (Å²) in [4.78, 5) is -0.110. The summed E-state index contributed by atoms with van der Waals surface area (Å²) in [6, 6.07) is 10.00. The highest BCUT2D eigenvalue weighted by Crippen LogP contribution is 2.30. The first-order valence-corrected chi connectivity index (χ1v) is 7.66. The Labute approximate surface area is 122 Å². The minimum absolute atomic E-state index is 0.0756. The summed E-state index contributed by atoms with van der Waals surface area (Å²) in [5.74, 6) is 0. The van der Waals surface area contributed by atoms with Crippen molar-refractivity contribution in [3.63, 3.8) is 0 Å². The zero-order valence-electron chi connectivity index (χ0n) is 10.7. The number of halogens is 1. The van der Waals surface area contributed by atoms with Crippen molar-refractivity contribution in [3.05, 3.63) is 47.0 Å². The Morgan fingerprint density at radius 3 is 2.50 bits per heavy atom. The molecular formula is C13H14ClN3O2S. The third kappa shape index (κ3) is 3.04. The van der Waals surface area contributed by atoms with Crippen LogP contribution < -0.4 is 16.2 Å². The number of sulfonamides is 1. The highest BCUT2D eigenvalue weighted by Gasteiger charge is 2.14. The molecule has 0 aliphatic rings. The first kappa shape index (κ1) is 14.6. The predicted octanol–water partition coefficient (Wildman–Crippen LogP) is 2.62. The number of nitrogens with two attached hydrogens (primary N) is 2. The van der Waals surface area contributed by atoms with E-state index >= 15 is 0 Å². The molecule has 0 amide bonds. The first-order valence-electron chi connectivity index (χ1n) is 5.73. The fraction of sp³-hybridized carbons (Fsp3) is 0.0769. The molecule has 0 spiro atoms. The van der Waals surface area contributed by atoms with Gasteiger partial charge >= 0.3 is 0 Å². The van der Waals surface area contributed by atoms with Gasteiger partial charge in [0.15, 0.2) is 0 Å². The Balaban J connectivity index is 2.42. The van der Waals surface area contributed by atoms with Gasteiger partial charge in [0.2, 0.25) is 10.0 Å². The molecule has 0 fully saturated rings. The third-order valence-corrected chi connectivity index (χ3v) is 4.20. The molecule has 0 aliphatic carbocycles. The SMILES string of the molecule is Cc1ccc(Nc2cccc(S(N)(=O)=O)c2N)cc1Cl. The van der Waals surface area contributed by atoms with Crippen LogP contribution in [0.2, 0.25) is 5.02 Å². The van der Waals surface area contributed by atoms with Gasteiger partial charge in [0.1, 0.15) is 4.90 Å². The van der Waals surface area contributed by atoms with Crippen molar-refractivity contribution in [1.82, 2.24) is 0 Å². The van der Waals surface area contributed by atoms with Gasteiger partial charge in [-0.1, -0.05) is 23.7 Å². The van der Waals surface area contributed by atoms with E-state index in [0.29, 0.717) is 16.4 Å². The second kappa shape index (κ2) is 5.32. The van der Waals surface area contributed by atoms with Crippen molar-refractivity contribution < 1.29 is 8.42 Å². The van der Waals surface area contributed by atoms with Crippen LogP contribution in [0.1, 0.15) is 5.56 Å². The molecule has 7 heteroatoms. The second-order valence-electron chi connectivity index (χ2n) is 4.35. The molecule has 0 unspecified atom stereocenters. The summed E-state index contributed by atoms with van der Waals surface area (Å²) >= 11 is 6.04. The molecule has 0 bridgehead atoms. The molecule has 20 heavy (non-hydrogen) atoms. The second-order valence-corrected chi connectivity index (χ2v) is 6.29. The summed E-state index contributed by atoms with van der Waals surface area (Å²) in [5, 5.41) is 8.74. The van der Waals surface area contributed by atoms with Crippen LogP contribution in [0.25, 0.3) is 0 Å². The number of hydrogen-bond acceptors (Lipinski definition) is 4. The number of benzene rings is 2. The fourth-order valence-electron chi connectivity index (χ4n) is 1.73. The molecule has 0 saturated carbocycles. The van der Waals surface area contributed by atoms with E-state index < -0.39 is 10.0 Å². The van der Waals surface area contributed by atoms with Gasteiger partial charge in [-0.15, -0.1) is 0 Å². The number of nitrogen functional groups attached to an aromatic ring is 1. The van der Waals surface area contributed by atoms with Gasteiger partial charge in [-0.25, -0.2) is 13.6 Å². The maximum Gasteiger partial charge on any atom is 0.240 e. The van der Waals surface area contributed by atoms with Crippen LogP contribution in [0.15, 0.2) is 41.3 Å². The number of hydrogen-bond donors (Lipinski definition) is 3. The van der Waals surface area contributed by atoms with Crippen molar-refractivity contribution in [2.75, 3.05) is 11.1 Å². The molecule has 0 aliphatic heterocycles. The van der Waals surface area contributed by atoms with Gasteiger partial charge in [0.05, 0.1) is 11.4 Å². The van der Waals surface area contributed by atoms with Crippen LogP contribution >= 0.6 is 11.6 Å². The van der Waals surface area contributed by atoms with E-state index in [1.165, 1.54) is 6.07 Å². The van der Waals surface area contributed by atoms with Gasteiger partial charge in [0.25, 0.3) is 0 Å². The Bertz CT molecular complexity index is 760. The minimum atomic E-state index is -3.85. The third-order valence-electron chi connectivity index (χ3n) is 2.82. The van der Waals surface area contributed by atoms with Crippen LogP contribution in [-0.4, -0.2) is 8.42 Å². The summed E-state index contributed by atoms with van der Waals surface area (Å²) in [5.41, 5.74) is 8.02.